The average molecular weight is 580 g/mol. The van der Waals surface area contributed by atoms with E-state index in [1.807, 2.05) is 11.8 Å². The van der Waals surface area contributed by atoms with Gasteiger partial charge in [0.2, 0.25) is 23.0 Å². The minimum absolute atomic E-state index is 0.0178. The van der Waals surface area contributed by atoms with Gasteiger partial charge >= 0.3 is 0 Å². The highest BCUT2D eigenvalue weighted by Gasteiger charge is 2.26. The van der Waals surface area contributed by atoms with Crippen LogP contribution in [-0.4, -0.2) is 31.4 Å². The van der Waals surface area contributed by atoms with Crippen molar-refractivity contribution in [3.8, 4) is 11.3 Å². The molecule has 0 saturated carbocycles. The lowest BCUT2D eigenvalue weighted by molar-refractivity contribution is -0.661. The normalized spacial score (nSPS) is 13.4. The number of amides is 2. The predicted octanol–water partition coefficient (Wildman–Crippen LogP) is 6.54. The molecule has 0 aliphatic carbocycles. The number of fused-ring (bicyclic) bond motifs is 2. The number of aromatic nitrogens is 1. The summed E-state index contributed by atoms with van der Waals surface area (Å²) in [5, 5.41) is 8.27. The largest absolute Gasteiger partial charge is 0.356 e. The van der Waals surface area contributed by atoms with E-state index < -0.39 is 0 Å². The Morgan fingerprint density at radius 3 is 2.24 bits per heavy atom. The van der Waals surface area contributed by atoms with Crippen LogP contribution < -0.4 is 20.1 Å². The van der Waals surface area contributed by atoms with Gasteiger partial charge in [0.1, 0.15) is 6.54 Å². The molecular weight excluding hydrogens is 540 g/mol. The van der Waals surface area contributed by atoms with E-state index in [4.69, 9.17) is 0 Å². The standard InChI is InChI=1S/C35H38N4O2S/c1-26(40)36-20-10-12-22-38-31-17-7-6-16-30(31)29(24-33(38)28-14-4-3-5-15-28)25-35-39(23-13-11-21-37-27(2)41)32-18-8-9-19-34(32)42-35/h3-9,14-19,24-25H,10-13,20-23H2,1-2H3,(H-,36,37,40,41)/p+1. The maximum absolute atomic E-state index is 11.3. The number of hydrogen-bond acceptors (Lipinski definition) is 4. The van der Waals surface area contributed by atoms with Gasteiger partial charge in [0.25, 0.3) is 0 Å². The Morgan fingerprint density at radius 1 is 0.810 bits per heavy atom. The summed E-state index contributed by atoms with van der Waals surface area (Å²) in [5.74, 6) is 0.0389. The first-order valence-corrected chi connectivity index (χ1v) is 15.6. The molecule has 42 heavy (non-hydrogen) atoms. The third kappa shape index (κ3) is 7.21. The second-order valence-electron chi connectivity index (χ2n) is 10.6. The summed E-state index contributed by atoms with van der Waals surface area (Å²) in [6, 6.07) is 30.2. The number of benzene rings is 3. The van der Waals surface area contributed by atoms with Gasteiger partial charge in [-0.25, -0.2) is 0 Å². The number of nitrogens with one attached hydrogen (secondary N) is 2. The highest BCUT2D eigenvalue weighted by molar-refractivity contribution is 8.03. The van der Waals surface area contributed by atoms with Crippen molar-refractivity contribution in [2.45, 2.75) is 51.0 Å². The molecule has 2 heterocycles. The number of hydrogen-bond donors (Lipinski definition) is 2. The van der Waals surface area contributed by atoms with Crippen LogP contribution in [0.15, 0.2) is 94.9 Å². The summed E-state index contributed by atoms with van der Waals surface area (Å²) in [4.78, 5) is 26.3. The van der Waals surface area contributed by atoms with Gasteiger partial charge < -0.3 is 15.5 Å². The number of thioether (sulfide) groups is 1. The molecule has 0 radical (unpaired) electrons. The predicted molar refractivity (Wildman–Crippen MR) is 173 cm³/mol. The molecule has 216 valence electrons. The minimum atomic E-state index is 0.0178. The van der Waals surface area contributed by atoms with Crippen molar-refractivity contribution < 1.29 is 14.2 Å². The molecule has 7 heteroatoms. The molecule has 2 N–H and O–H groups in total. The first-order valence-electron chi connectivity index (χ1n) is 14.8. The van der Waals surface area contributed by atoms with Crippen LogP contribution in [0.2, 0.25) is 0 Å². The molecule has 2 amide bonds. The van der Waals surface area contributed by atoms with Crippen molar-refractivity contribution in [1.29, 1.82) is 0 Å². The van der Waals surface area contributed by atoms with E-state index in [0.29, 0.717) is 13.1 Å². The van der Waals surface area contributed by atoms with Gasteiger partial charge in [-0.3, -0.25) is 9.59 Å². The Kier molecular flexibility index (Phi) is 9.93. The van der Waals surface area contributed by atoms with E-state index in [9.17, 15) is 9.59 Å². The molecular formula is C35H39N4O2S+. The van der Waals surface area contributed by atoms with Crippen molar-refractivity contribution in [2.24, 2.45) is 0 Å². The number of aryl methyl sites for hydroxylation is 1. The zero-order valence-corrected chi connectivity index (χ0v) is 25.3. The minimum Gasteiger partial charge on any atom is -0.356 e. The third-order valence-electron chi connectivity index (χ3n) is 7.44. The van der Waals surface area contributed by atoms with E-state index in [-0.39, 0.29) is 11.8 Å². The van der Waals surface area contributed by atoms with Crippen LogP contribution in [0.4, 0.5) is 5.69 Å². The van der Waals surface area contributed by atoms with Gasteiger partial charge in [-0.2, -0.15) is 4.57 Å². The van der Waals surface area contributed by atoms with Crippen molar-refractivity contribution in [3.05, 3.63) is 95.5 Å². The molecule has 1 aliphatic rings. The van der Waals surface area contributed by atoms with Gasteiger partial charge in [0, 0.05) is 62.5 Å². The van der Waals surface area contributed by atoms with Crippen LogP contribution in [0.25, 0.3) is 28.2 Å². The molecule has 0 unspecified atom stereocenters. The first kappa shape index (κ1) is 29.4. The number of unbranched alkanes of at least 4 members (excludes halogenated alkanes) is 2. The maximum Gasteiger partial charge on any atom is 0.216 e. The topological polar surface area (TPSA) is 65.3 Å². The molecule has 0 spiro atoms. The molecule has 1 aliphatic heterocycles. The zero-order chi connectivity index (χ0) is 29.3. The van der Waals surface area contributed by atoms with Gasteiger partial charge in [-0.05, 0) is 61.2 Å². The summed E-state index contributed by atoms with van der Waals surface area (Å²) in [7, 11) is 0. The smallest absolute Gasteiger partial charge is 0.216 e. The molecule has 3 aromatic carbocycles. The average Bonchev–Trinajstić information content (AvgIpc) is 3.34. The molecule has 0 bridgehead atoms. The SMILES string of the molecule is CC(=O)NCCCCN1/C(=C\c2cc(-c3ccccc3)[n+](CCCCNC(C)=O)c3ccccc23)Sc2ccccc21. The lowest BCUT2D eigenvalue weighted by atomic mass is 10.0. The third-order valence-corrected chi connectivity index (χ3v) is 8.55. The summed E-state index contributed by atoms with van der Waals surface area (Å²) < 4.78 is 2.43. The van der Waals surface area contributed by atoms with Gasteiger partial charge in [0.05, 0.1) is 16.1 Å². The van der Waals surface area contributed by atoms with E-state index in [2.05, 4.69) is 111 Å². The summed E-state index contributed by atoms with van der Waals surface area (Å²) in [5.41, 5.74) is 6.00. The lowest BCUT2D eigenvalue weighted by Gasteiger charge is -2.21. The van der Waals surface area contributed by atoms with Crippen LogP contribution in [0, 0.1) is 0 Å². The summed E-state index contributed by atoms with van der Waals surface area (Å²) in [6.45, 7) is 6.28. The molecule has 5 rings (SSSR count). The van der Waals surface area contributed by atoms with Crippen LogP contribution in [-0.2, 0) is 16.1 Å². The second-order valence-corrected chi connectivity index (χ2v) is 11.7. The van der Waals surface area contributed by atoms with E-state index in [0.717, 1.165) is 38.8 Å². The summed E-state index contributed by atoms with van der Waals surface area (Å²) >= 11 is 1.82. The number of carbonyl (C=O) groups is 2. The quantitative estimate of drug-likeness (QED) is 0.148. The molecule has 0 saturated heterocycles. The number of nitrogens with zero attached hydrogens (tertiary/aromatic N) is 2. The Balaban J connectivity index is 1.51. The fourth-order valence-corrected chi connectivity index (χ4v) is 6.58. The van der Waals surface area contributed by atoms with Crippen LogP contribution in [0.5, 0.6) is 0 Å². The maximum atomic E-state index is 11.3. The molecule has 1 aromatic heterocycles. The number of carbonyl (C=O) groups excluding carboxylic acids is 2. The van der Waals surface area contributed by atoms with E-state index in [1.165, 1.54) is 43.3 Å². The van der Waals surface area contributed by atoms with Crippen molar-refractivity contribution in [2.75, 3.05) is 24.5 Å². The Bertz CT molecular complexity index is 1580. The number of pyridine rings is 1. The van der Waals surface area contributed by atoms with Crippen LogP contribution in [0.3, 0.4) is 0 Å². The van der Waals surface area contributed by atoms with Crippen molar-refractivity contribution in [3.63, 3.8) is 0 Å². The molecule has 4 aromatic rings. The Hall–Kier alpha value is -4.10. The van der Waals surface area contributed by atoms with Gasteiger partial charge in [-0.1, -0.05) is 54.2 Å². The Morgan fingerprint density at radius 2 is 1.48 bits per heavy atom. The molecule has 0 fully saturated rings. The molecule has 6 nitrogen and oxygen atoms in total. The second kappa shape index (κ2) is 14.2. The Labute approximate surface area is 252 Å². The highest BCUT2D eigenvalue weighted by Crippen LogP contribution is 2.47. The first-order chi connectivity index (χ1) is 20.5. The fraction of sp³-hybridized carbons (Fsp3) is 0.286. The van der Waals surface area contributed by atoms with E-state index >= 15 is 0 Å². The highest BCUT2D eigenvalue weighted by atomic mass is 32.2. The van der Waals surface area contributed by atoms with Gasteiger partial charge in [-0.15, -0.1) is 0 Å². The number of para-hydroxylation sites is 2. The van der Waals surface area contributed by atoms with Crippen LogP contribution >= 0.6 is 11.8 Å². The zero-order valence-electron chi connectivity index (χ0n) is 24.4. The van der Waals surface area contributed by atoms with Crippen LogP contribution in [0.1, 0.15) is 45.1 Å². The monoisotopic (exact) mass is 579 g/mol. The number of anilines is 1. The van der Waals surface area contributed by atoms with Gasteiger partial charge in [0.15, 0.2) is 0 Å². The van der Waals surface area contributed by atoms with Crippen molar-refractivity contribution >= 4 is 46.2 Å². The lowest BCUT2D eigenvalue weighted by Crippen LogP contribution is -2.38. The van der Waals surface area contributed by atoms with Crippen molar-refractivity contribution in [1.82, 2.24) is 10.6 Å². The number of rotatable bonds is 12. The van der Waals surface area contributed by atoms with E-state index in [1.54, 1.807) is 13.8 Å². The fourth-order valence-electron chi connectivity index (χ4n) is 5.44. The molecule has 0 atom stereocenters. The summed E-state index contributed by atoms with van der Waals surface area (Å²) in [6.07, 6.45) is 6.15.